The summed E-state index contributed by atoms with van der Waals surface area (Å²) in [6.07, 6.45) is 0. The lowest BCUT2D eigenvalue weighted by Gasteiger charge is -2.12. The topological polar surface area (TPSA) is 29.5 Å². The first-order chi connectivity index (χ1) is 9.01. The Labute approximate surface area is 110 Å². The SMILES string of the molecule is Cc1ccc(C)c(Oc2c(F)cc(CO)cc2F)c1. The number of aliphatic hydroxyl groups is 1. The van der Waals surface area contributed by atoms with Crippen LogP contribution in [0.15, 0.2) is 30.3 Å². The molecule has 0 bridgehead atoms. The predicted molar refractivity (Wildman–Crippen MR) is 68.3 cm³/mol. The first kappa shape index (κ1) is 13.5. The molecule has 0 radical (unpaired) electrons. The second-order valence-corrected chi connectivity index (χ2v) is 4.42. The zero-order valence-corrected chi connectivity index (χ0v) is 10.7. The largest absolute Gasteiger partial charge is 0.451 e. The van der Waals surface area contributed by atoms with Gasteiger partial charge in [0.05, 0.1) is 6.61 Å². The van der Waals surface area contributed by atoms with Crippen molar-refractivity contribution in [3.8, 4) is 11.5 Å². The van der Waals surface area contributed by atoms with Crippen LogP contribution in [0.4, 0.5) is 8.78 Å². The summed E-state index contributed by atoms with van der Waals surface area (Å²) in [6.45, 7) is 3.25. The summed E-state index contributed by atoms with van der Waals surface area (Å²) >= 11 is 0. The molecule has 100 valence electrons. The highest BCUT2D eigenvalue weighted by Gasteiger charge is 2.14. The molecule has 2 aromatic rings. The average Bonchev–Trinajstić information content (AvgIpc) is 2.37. The van der Waals surface area contributed by atoms with Gasteiger partial charge >= 0.3 is 0 Å². The molecule has 0 amide bonds. The molecule has 0 heterocycles. The summed E-state index contributed by atoms with van der Waals surface area (Å²) in [5.74, 6) is -1.70. The van der Waals surface area contributed by atoms with Crippen LogP contribution in [0.3, 0.4) is 0 Å². The molecule has 0 saturated heterocycles. The average molecular weight is 264 g/mol. The zero-order chi connectivity index (χ0) is 14.0. The van der Waals surface area contributed by atoms with E-state index in [9.17, 15) is 8.78 Å². The first-order valence-electron chi connectivity index (χ1n) is 5.85. The summed E-state index contributed by atoms with van der Waals surface area (Å²) in [5.41, 5.74) is 1.90. The Bertz CT molecular complexity index is 586. The Kier molecular flexibility index (Phi) is 3.81. The van der Waals surface area contributed by atoms with E-state index in [1.807, 2.05) is 19.1 Å². The number of hydrogen-bond donors (Lipinski definition) is 1. The van der Waals surface area contributed by atoms with Crippen LogP contribution in [0.1, 0.15) is 16.7 Å². The van der Waals surface area contributed by atoms with E-state index in [0.29, 0.717) is 5.75 Å². The molecule has 0 unspecified atom stereocenters. The van der Waals surface area contributed by atoms with E-state index in [0.717, 1.165) is 23.3 Å². The van der Waals surface area contributed by atoms with Crippen LogP contribution in [0, 0.1) is 25.5 Å². The molecule has 0 atom stereocenters. The van der Waals surface area contributed by atoms with Crippen LogP contribution in [0.25, 0.3) is 0 Å². The van der Waals surface area contributed by atoms with Crippen molar-refractivity contribution in [3.05, 3.63) is 58.7 Å². The summed E-state index contributed by atoms with van der Waals surface area (Å²) in [7, 11) is 0. The van der Waals surface area contributed by atoms with Crippen molar-refractivity contribution in [2.45, 2.75) is 20.5 Å². The van der Waals surface area contributed by atoms with Gasteiger partial charge in [-0.15, -0.1) is 0 Å². The fraction of sp³-hybridized carbons (Fsp3) is 0.200. The molecule has 4 heteroatoms. The molecule has 19 heavy (non-hydrogen) atoms. The Balaban J connectivity index is 2.41. The molecule has 2 rings (SSSR count). The van der Waals surface area contributed by atoms with Crippen LogP contribution in [0.5, 0.6) is 11.5 Å². The van der Waals surface area contributed by atoms with Gasteiger partial charge in [0.15, 0.2) is 17.4 Å². The lowest BCUT2D eigenvalue weighted by molar-refractivity contribution is 0.279. The smallest absolute Gasteiger partial charge is 0.198 e. The maximum absolute atomic E-state index is 13.7. The predicted octanol–water partition coefficient (Wildman–Crippen LogP) is 3.87. The van der Waals surface area contributed by atoms with E-state index in [4.69, 9.17) is 9.84 Å². The van der Waals surface area contributed by atoms with Gasteiger partial charge in [0.25, 0.3) is 0 Å². The minimum Gasteiger partial charge on any atom is -0.451 e. The van der Waals surface area contributed by atoms with Crippen LogP contribution in [-0.4, -0.2) is 5.11 Å². The maximum Gasteiger partial charge on any atom is 0.198 e. The second-order valence-electron chi connectivity index (χ2n) is 4.42. The summed E-state index contributed by atoms with van der Waals surface area (Å²) in [4.78, 5) is 0. The van der Waals surface area contributed by atoms with E-state index >= 15 is 0 Å². The third-order valence-corrected chi connectivity index (χ3v) is 2.80. The van der Waals surface area contributed by atoms with Gasteiger partial charge in [0, 0.05) is 0 Å². The molecule has 0 aliphatic heterocycles. The number of aliphatic hydroxyl groups excluding tert-OH is 1. The van der Waals surface area contributed by atoms with Gasteiger partial charge in [-0.05, 0) is 48.7 Å². The third-order valence-electron chi connectivity index (χ3n) is 2.80. The number of aryl methyl sites for hydroxylation is 2. The van der Waals surface area contributed by atoms with Crippen LogP contribution in [0.2, 0.25) is 0 Å². The number of halogens is 2. The Morgan fingerprint density at radius 3 is 2.26 bits per heavy atom. The molecule has 0 spiro atoms. The second kappa shape index (κ2) is 5.36. The van der Waals surface area contributed by atoms with Gasteiger partial charge < -0.3 is 9.84 Å². The summed E-state index contributed by atoms with van der Waals surface area (Å²) < 4.78 is 32.8. The van der Waals surface area contributed by atoms with E-state index in [1.54, 1.807) is 13.0 Å². The molecule has 2 aromatic carbocycles. The van der Waals surface area contributed by atoms with Crippen molar-refractivity contribution in [1.29, 1.82) is 0 Å². The zero-order valence-electron chi connectivity index (χ0n) is 10.7. The maximum atomic E-state index is 13.7. The van der Waals surface area contributed by atoms with Crippen molar-refractivity contribution in [1.82, 2.24) is 0 Å². The minimum atomic E-state index is -0.829. The van der Waals surface area contributed by atoms with Crippen LogP contribution < -0.4 is 4.74 Å². The van der Waals surface area contributed by atoms with Gasteiger partial charge in [-0.1, -0.05) is 12.1 Å². The lowest BCUT2D eigenvalue weighted by Crippen LogP contribution is -1.97. The molecule has 1 N–H and O–H groups in total. The normalized spacial score (nSPS) is 10.6. The Morgan fingerprint density at radius 1 is 1.05 bits per heavy atom. The van der Waals surface area contributed by atoms with Crippen molar-refractivity contribution in [3.63, 3.8) is 0 Å². The first-order valence-corrected chi connectivity index (χ1v) is 5.85. The Morgan fingerprint density at radius 2 is 1.68 bits per heavy atom. The van der Waals surface area contributed by atoms with Gasteiger partial charge in [0.1, 0.15) is 5.75 Å². The molecule has 2 nitrogen and oxygen atoms in total. The number of hydrogen-bond acceptors (Lipinski definition) is 2. The minimum absolute atomic E-state index is 0.170. The number of benzene rings is 2. The standard InChI is InChI=1S/C15H14F2O2/c1-9-3-4-10(2)14(5-9)19-15-12(16)6-11(8-18)7-13(15)17/h3-7,18H,8H2,1-2H3. The fourth-order valence-corrected chi connectivity index (χ4v) is 1.73. The highest BCUT2D eigenvalue weighted by Crippen LogP contribution is 2.31. The van der Waals surface area contributed by atoms with Gasteiger partial charge in [0.2, 0.25) is 0 Å². The molecule has 0 saturated carbocycles. The highest BCUT2D eigenvalue weighted by atomic mass is 19.1. The molecule has 0 aromatic heterocycles. The van der Waals surface area contributed by atoms with E-state index in [1.165, 1.54) is 0 Å². The van der Waals surface area contributed by atoms with E-state index in [-0.39, 0.29) is 5.56 Å². The Hall–Kier alpha value is -1.94. The molecule has 0 aliphatic carbocycles. The van der Waals surface area contributed by atoms with Crippen molar-refractivity contribution in [2.24, 2.45) is 0 Å². The van der Waals surface area contributed by atoms with Crippen molar-refractivity contribution < 1.29 is 18.6 Å². The number of rotatable bonds is 3. The molecule has 0 fully saturated rings. The molecular formula is C15H14F2O2. The monoisotopic (exact) mass is 264 g/mol. The number of ether oxygens (including phenoxy) is 1. The highest BCUT2D eigenvalue weighted by molar-refractivity contribution is 5.41. The quantitative estimate of drug-likeness (QED) is 0.912. The fourth-order valence-electron chi connectivity index (χ4n) is 1.73. The molecule has 0 aliphatic rings. The van der Waals surface area contributed by atoms with E-state index < -0.39 is 24.0 Å². The van der Waals surface area contributed by atoms with Crippen LogP contribution in [-0.2, 0) is 6.61 Å². The van der Waals surface area contributed by atoms with Gasteiger partial charge in [-0.3, -0.25) is 0 Å². The van der Waals surface area contributed by atoms with Crippen molar-refractivity contribution >= 4 is 0 Å². The summed E-state index contributed by atoms with van der Waals surface area (Å²) in [6, 6.07) is 7.55. The van der Waals surface area contributed by atoms with E-state index in [2.05, 4.69) is 0 Å². The lowest BCUT2D eigenvalue weighted by atomic mass is 10.1. The van der Waals surface area contributed by atoms with Crippen molar-refractivity contribution in [2.75, 3.05) is 0 Å². The van der Waals surface area contributed by atoms with Gasteiger partial charge in [-0.25, -0.2) is 8.78 Å². The van der Waals surface area contributed by atoms with Crippen LogP contribution >= 0.6 is 0 Å². The van der Waals surface area contributed by atoms with Gasteiger partial charge in [-0.2, -0.15) is 0 Å². The third kappa shape index (κ3) is 2.90. The molecular weight excluding hydrogens is 250 g/mol. The summed E-state index contributed by atoms with van der Waals surface area (Å²) in [5, 5.41) is 8.87.